The summed E-state index contributed by atoms with van der Waals surface area (Å²) in [5, 5.41) is 0. The van der Waals surface area contributed by atoms with Crippen molar-refractivity contribution in [2.45, 2.75) is 5.92 Å². The van der Waals surface area contributed by atoms with Crippen LogP contribution >= 0.6 is 0 Å². The van der Waals surface area contributed by atoms with E-state index < -0.39 is 34.9 Å². The molecule has 1 aromatic carbocycles. The Bertz CT molecular complexity index is 508. The molecular formula is C12H8F4O. The monoisotopic (exact) mass is 244 g/mol. The van der Waals surface area contributed by atoms with Crippen LogP contribution in [0.25, 0.3) is 0 Å². The lowest BCUT2D eigenvalue weighted by Crippen LogP contribution is -2.08. The topological polar surface area (TPSA) is 9.23 Å². The Morgan fingerprint density at radius 2 is 1.41 bits per heavy atom. The summed E-state index contributed by atoms with van der Waals surface area (Å²) in [6.45, 7) is 0. The summed E-state index contributed by atoms with van der Waals surface area (Å²) in [6, 6.07) is 0. The number of hydrogen-bond acceptors (Lipinski definition) is 1. The van der Waals surface area contributed by atoms with E-state index in [1.807, 2.05) is 0 Å². The molecule has 0 unspecified atom stereocenters. The number of hydrogen-bond donors (Lipinski definition) is 0. The lowest BCUT2D eigenvalue weighted by Gasteiger charge is -2.15. The van der Waals surface area contributed by atoms with Crippen molar-refractivity contribution < 1.29 is 22.3 Å². The fourth-order valence-corrected chi connectivity index (χ4v) is 1.75. The Kier molecular flexibility index (Phi) is 2.92. The largest absolute Gasteiger partial charge is 0.493 e. The molecule has 1 aliphatic carbocycles. The third-order valence-corrected chi connectivity index (χ3v) is 2.54. The number of halogens is 4. The van der Waals surface area contributed by atoms with Gasteiger partial charge in [0.15, 0.2) is 17.4 Å². The van der Waals surface area contributed by atoms with Crippen LogP contribution < -0.4 is 4.74 Å². The Hall–Kier alpha value is -1.78. The first-order chi connectivity index (χ1) is 8.07. The first-order valence-corrected chi connectivity index (χ1v) is 4.82. The molecule has 2 rings (SSSR count). The standard InChI is InChI=1S/C12H8F4O/c1-17-12-7(6-4-2-3-5-6)8(13)9(14)10(15)11(12)16/h2-6H,1H3. The molecule has 0 fully saturated rings. The summed E-state index contributed by atoms with van der Waals surface area (Å²) in [7, 11) is 1.07. The van der Waals surface area contributed by atoms with Gasteiger partial charge in [-0.3, -0.25) is 0 Å². The van der Waals surface area contributed by atoms with Gasteiger partial charge in [-0.15, -0.1) is 0 Å². The molecule has 5 heteroatoms. The number of allylic oxidation sites excluding steroid dienone is 4. The molecular weight excluding hydrogens is 236 g/mol. The van der Waals surface area contributed by atoms with Crippen LogP contribution in [-0.4, -0.2) is 7.11 Å². The summed E-state index contributed by atoms with van der Waals surface area (Å²) in [5.74, 6) is -7.91. The average molecular weight is 244 g/mol. The number of rotatable bonds is 2. The van der Waals surface area contributed by atoms with Crippen LogP contribution in [0.4, 0.5) is 17.6 Å². The number of ether oxygens (including phenoxy) is 1. The van der Waals surface area contributed by atoms with Crippen LogP contribution in [0.15, 0.2) is 24.3 Å². The lowest BCUT2D eigenvalue weighted by atomic mass is 9.98. The van der Waals surface area contributed by atoms with Crippen LogP contribution in [0.5, 0.6) is 5.75 Å². The Balaban J connectivity index is 2.72. The average Bonchev–Trinajstić information content (AvgIpc) is 2.84. The lowest BCUT2D eigenvalue weighted by molar-refractivity contribution is 0.338. The molecule has 1 aromatic rings. The van der Waals surface area contributed by atoms with Gasteiger partial charge in [-0.05, 0) is 0 Å². The second-order valence-electron chi connectivity index (χ2n) is 3.50. The number of benzene rings is 1. The first kappa shape index (κ1) is 11.7. The van der Waals surface area contributed by atoms with Crippen molar-refractivity contribution in [3.63, 3.8) is 0 Å². The first-order valence-electron chi connectivity index (χ1n) is 4.82. The molecule has 0 radical (unpaired) electrons. The van der Waals surface area contributed by atoms with Gasteiger partial charge in [-0.1, -0.05) is 24.3 Å². The smallest absolute Gasteiger partial charge is 0.204 e. The highest BCUT2D eigenvalue weighted by molar-refractivity contribution is 5.46. The molecule has 0 heterocycles. The van der Waals surface area contributed by atoms with Gasteiger partial charge in [-0.2, -0.15) is 4.39 Å². The summed E-state index contributed by atoms with van der Waals surface area (Å²) in [5.41, 5.74) is -0.339. The molecule has 0 atom stereocenters. The molecule has 0 saturated carbocycles. The minimum atomic E-state index is -1.87. The fourth-order valence-electron chi connectivity index (χ4n) is 1.75. The van der Waals surface area contributed by atoms with Crippen molar-refractivity contribution in [1.29, 1.82) is 0 Å². The molecule has 0 spiro atoms. The normalized spacial score (nSPS) is 14.6. The molecule has 0 saturated heterocycles. The van der Waals surface area contributed by atoms with E-state index in [0.717, 1.165) is 7.11 Å². The predicted octanol–water partition coefficient (Wildman–Crippen LogP) is 3.46. The highest BCUT2D eigenvalue weighted by atomic mass is 19.2. The zero-order chi connectivity index (χ0) is 12.6. The predicted molar refractivity (Wildman–Crippen MR) is 53.8 cm³/mol. The van der Waals surface area contributed by atoms with Crippen LogP contribution in [-0.2, 0) is 0 Å². The van der Waals surface area contributed by atoms with Gasteiger partial charge >= 0.3 is 0 Å². The van der Waals surface area contributed by atoms with Crippen molar-refractivity contribution in [2.24, 2.45) is 0 Å². The van der Waals surface area contributed by atoms with E-state index in [-0.39, 0.29) is 5.56 Å². The minimum Gasteiger partial charge on any atom is -0.493 e. The van der Waals surface area contributed by atoms with E-state index in [1.54, 1.807) is 12.2 Å². The van der Waals surface area contributed by atoms with Gasteiger partial charge in [0.2, 0.25) is 11.6 Å². The quantitative estimate of drug-likeness (QED) is 0.440. The summed E-state index contributed by atoms with van der Waals surface area (Å²) >= 11 is 0. The summed E-state index contributed by atoms with van der Waals surface area (Å²) < 4.78 is 57.8. The van der Waals surface area contributed by atoms with E-state index >= 15 is 0 Å². The van der Waals surface area contributed by atoms with Gasteiger partial charge in [0, 0.05) is 11.5 Å². The molecule has 0 amide bonds. The van der Waals surface area contributed by atoms with Crippen molar-refractivity contribution in [3.8, 4) is 5.75 Å². The van der Waals surface area contributed by atoms with Gasteiger partial charge in [0.05, 0.1) is 7.11 Å². The molecule has 0 N–H and O–H groups in total. The maximum absolute atomic E-state index is 13.6. The SMILES string of the molecule is COc1c(F)c(F)c(F)c(F)c1C1C=CC=C1. The van der Waals surface area contributed by atoms with Gasteiger partial charge in [0.25, 0.3) is 0 Å². The highest BCUT2D eigenvalue weighted by Crippen LogP contribution is 2.37. The Morgan fingerprint density at radius 3 is 1.94 bits per heavy atom. The molecule has 0 aromatic heterocycles. The minimum absolute atomic E-state index is 0.339. The van der Waals surface area contributed by atoms with Crippen LogP contribution in [0.1, 0.15) is 11.5 Å². The van der Waals surface area contributed by atoms with Crippen LogP contribution in [0, 0.1) is 23.3 Å². The third kappa shape index (κ3) is 1.71. The van der Waals surface area contributed by atoms with Gasteiger partial charge < -0.3 is 4.74 Å². The third-order valence-electron chi connectivity index (χ3n) is 2.54. The molecule has 1 aliphatic rings. The molecule has 90 valence electrons. The second-order valence-corrected chi connectivity index (χ2v) is 3.50. The van der Waals surface area contributed by atoms with E-state index in [0.29, 0.717) is 0 Å². The van der Waals surface area contributed by atoms with Crippen molar-refractivity contribution >= 4 is 0 Å². The Morgan fingerprint density at radius 1 is 0.882 bits per heavy atom. The zero-order valence-corrected chi connectivity index (χ0v) is 8.81. The maximum atomic E-state index is 13.6. The molecule has 0 aliphatic heterocycles. The van der Waals surface area contributed by atoms with Gasteiger partial charge in [-0.25, -0.2) is 13.2 Å². The van der Waals surface area contributed by atoms with E-state index in [4.69, 9.17) is 0 Å². The highest BCUT2D eigenvalue weighted by Gasteiger charge is 2.29. The summed E-state index contributed by atoms with van der Waals surface area (Å²) in [6.07, 6.45) is 6.25. The zero-order valence-electron chi connectivity index (χ0n) is 8.81. The van der Waals surface area contributed by atoms with Crippen LogP contribution in [0.3, 0.4) is 0 Å². The van der Waals surface area contributed by atoms with Crippen molar-refractivity contribution in [3.05, 3.63) is 53.1 Å². The number of methoxy groups -OCH3 is 1. The molecule has 17 heavy (non-hydrogen) atoms. The van der Waals surface area contributed by atoms with Crippen LogP contribution in [0.2, 0.25) is 0 Å². The molecule has 1 nitrogen and oxygen atoms in total. The maximum Gasteiger partial charge on any atom is 0.204 e. The van der Waals surface area contributed by atoms with Crippen molar-refractivity contribution in [2.75, 3.05) is 7.11 Å². The van der Waals surface area contributed by atoms with E-state index in [1.165, 1.54) is 12.2 Å². The Labute approximate surface area is 95.0 Å². The second kappa shape index (κ2) is 4.24. The van der Waals surface area contributed by atoms with E-state index in [2.05, 4.69) is 4.74 Å². The summed E-state index contributed by atoms with van der Waals surface area (Å²) in [4.78, 5) is 0. The van der Waals surface area contributed by atoms with Crippen molar-refractivity contribution in [1.82, 2.24) is 0 Å². The molecule has 0 bridgehead atoms. The van der Waals surface area contributed by atoms with E-state index in [9.17, 15) is 17.6 Å². The van der Waals surface area contributed by atoms with Gasteiger partial charge in [0.1, 0.15) is 0 Å². The fraction of sp³-hybridized carbons (Fsp3) is 0.167.